The van der Waals surface area contributed by atoms with E-state index >= 15 is 0 Å². The van der Waals surface area contributed by atoms with E-state index in [-0.39, 0.29) is 11.4 Å². The maximum absolute atomic E-state index is 11.0. The zero-order valence-electron chi connectivity index (χ0n) is 10.1. The van der Waals surface area contributed by atoms with Gasteiger partial charge in [0.2, 0.25) is 0 Å². The van der Waals surface area contributed by atoms with Crippen LogP contribution in [0.5, 0.6) is 5.75 Å². The molecular weight excluding hydrogens is 246 g/mol. The van der Waals surface area contributed by atoms with Gasteiger partial charge in [-0.05, 0) is 24.3 Å². The molecule has 19 heavy (non-hydrogen) atoms. The number of carboxylic acids is 1. The van der Waals surface area contributed by atoms with E-state index in [4.69, 9.17) is 5.11 Å². The first-order chi connectivity index (χ1) is 9.04. The summed E-state index contributed by atoms with van der Waals surface area (Å²) in [6.45, 7) is 0. The second kappa shape index (κ2) is 3.88. The molecule has 0 aliphatic rings. The monoisotopic (exact) mass is 257 g/mol. The Bertz CT molecular complexity index is 786. The molecule has 0 amide bonds. The summed E-state index contributed by atoms with van der Waals surface area (Å²) >= 11 is 0. The van der Waals surface area contributed by atoms with Crippen LogP contribution >= 0.6 is 0 Å². The molecule has 0 aliphatic carbocycles. The van der Waals surface area contributed by atoms with E-state index in [1.54, 1.807) is 25.2 Å². The second-order valence-electron chi connectivity index (χ2n) is 4.30. The van der Waals surface area contributed by atoms with Gasteiger partial charge < -0.3 is 15.2 Å². The van der Waals surface area contributed by atoms with Gasteiger partial charge in [-0.25, -0.2) is 4.79 Å². The number of aromatic amines is 1. The van der Waals surface area contributed by atoms with Crippen molar-refractivity contribution >= 4 is 16.9 Å². The van der Waals surface area contributed by atoms with E-state index in [9.17, 15) is 9.90 Å². The topological polar surface area (TPSA) is 91.1 Å². The molecule has 0 unspecified atom stereocenters. The lowest BCUT2D eigenvalue weighted by Gasteiger charge is -1.91. The zero-order chi connectivity index (χ0) is 13.6. The number of carboxylic acid groups (broad SMARTS) is 1. The minimum absolute atomic E-state index is 0.122. The van der Waals surface area contributed by atoms with Crippen molar-refractivity contribution in [3.8, 4) is 17.1 Å². The zero-order valence-corrected chi connectivity index (χ0v) is 10.1. The van der Waals surface area contributed by atoms with Crippen LogP contribution in [0.2, 0.25) is 0 Å². The highest BCUT2D eigenvalue weighted by Gasteiger charge is 2.14. The third kappa shape index (κ3) is 1.83. The number of phenolic OH excluding ortho intramolecular Hbond substituents is 1. The van der Waals surface area contributed by atoms with Crippen molar-refractivity contribution in [2.24, 2.45) is 7.05 Å². The Kier molecular flexibility index (Phi) is 2.31. The van der Waals surface area contributed by atoms with Gasteiger partial charge in [0.15, 0.2) is 0 Å². The van der Waals surface area contributed by atoms with Gasteiger partial charge in [0.1, 0.15) is 17.1 Å². The molecule has 6 nitrogen and oxygen atoms in total. The number of H-pyrrole nitrogens is 1. The molecule has 0 spiro atoms. The second-order valence-corrected chi connectivity index (χ2v) is 4.30. The summed E-state index contributed by atoms with van der Waals surface area (Å²) in [7, 11) is 1.58. The number of fused-ring (bicyclic) bond motifs is 1. The molecule has 3 aromatic rings. The summed E-state index contributed by atoms with van der Waals surface area (Å²) in [6.07, 6.45) is 0. The van der Waals surface area contributed by atoms with Crippen LogP contribution in [0.25, 0.3) is 22.3 Å². The summed E-state index contributed by atoms with van der Waals surface area (Å²) < 4.78 is 1.32. The predicted molar refractivity (Wildman–Crippen MR) is 69.1 cm³/mol. The lowest BCUT2D eigenvalue weighted by atomic mass is 10.2. The van der Waals surface area contributed by atoms with Crippen LogP contribution in [-0.4, -0.2) is 30.9 Å². The van der Waals surface area contributed by atoms with Gasteiger partial charge in [-0.3, -0.25) is 4.68 Å². The molecule has 3 N–H and O–H groups in total. The first kappa shape index (κ1) is 11.3. The highest BCUT2D eigenvalue weighted by molar-refractivity contribution is 5.89. The van der Waals surface area contributed by atoms with Crippen molar-refractivity contribution in [3.05, 3.63) is 36.0 Å². The number of benzene rings is 1. The van der Waals surface area contributed by atoms with E-state index in [0.717, 1.165) is 10.9 Å². The van der Waals surface area contributed by atoms with Crippen LogP contribution in [0.4, 0.5) is 0 Å². The fourth-order valence-corrected chi connectivity index (χ4v) is 2.06. The number of aromatic carboxylic acids is 1. The van der Waals surface area contributed by atoms with E-state index in [2.05, 4.69) is 10.1 Å². The van der Waals surface area contributed by atoms with Crippen molar-refractivity contribution in [2.75, 3.05) is 0 Å². The minimum Gasteiger partial charge on any atom is -0.508 e. The lowest BCUT2D eigenvalue weighted by Crippen LogP contribution is -2.04. The number of rotatable bonds is 2. The molecular formula is C13H11N3O3. The molecule has 0 radical (unpaired) electrons. The normalized spacial score (nSPS) is 11.0. The molecule has 0 atom stereocenters. The largest absolute Gasteiger partial charge is 0.508 e. The van der Waals surface area contributed by atoms with Gasteiger partial charge in [-0.15, -0.1) is 0 Å². The molecule has 2 aromatic heterocycles. The molecule has 1 aromatic carbocycles. The van der Waals surface area contributed by atoms with E-state index in [1.165, 1.54) is 10.7 Å². The quantitative estimate of drug-likeness (QED) is 0.654. The van der Waals surface area contributed by atoms with Crippen LogP contribution < -0.4 is 0 Å². The Morgan fingerprint density at radius 1 is 1.32 bits per heavy atom. The highest BCUT2D eigenvalue weighted by Crippen LogP contribution is 2.26. The number of nitrogens with zero attached hydrogens (tertiary/aromatic N) is 2. The number of phenols is 1. The standard InChI is InChI=1S/C13H11N3O3/c1-16-12(13(18)19)6-11(15-16)10-5-7-4-8(17)2-3-9(7)14-10/h2-6,14,17H,1H3,(H,18,19). The third-order valence-electron chi connectivity index (χ3n) is 2.98. The molecule has 0 saturated heterocycles. The van der Waals surface area contributed by atoms with Gasteiger partial charge in [-0.2, -0.15) is 5.10 Å². The van der Waals surface area contributed by atoms with E-state index in [1.807, 2.05) is 6.07 Å². The molecule has 0 saturated carbocycles. The van der Waals surface area contributed by atoms with Crippen molar-refractivity contribution < 1.29 is 15.0 Å². The van der Waals surface area contributed by atoms with E-state index in [0.29, 0.717) is 11.4 Å². The average Bonchev–Trinajstić information content (AvgIpc) is 2.91. The minimum atomic E-state index is -1.02. The molecule has 0 aliphatic heterocycles. The Morgan fingerprint density at radius 3 is 2.79 bits per heavy atom. The van der Waals surface area contributed by atoms with Crippen molar-refractivity contribution in [2.45, 2.75) is 0 Å². The number of aryl methyl sites for hydroxylation is 1. The third-order valence-corrected chi connectivity index (χ3v) is 2.98. The summed E-state index contributed by atoms with van der Waals surface area (Å²) in [4.78, 5) is 14.1. The Labute approximate surface area is 107 Å². The summed E-state index contributed by atoms with van der Waals surface area (Å²) in [6, 6.07) is 8.31. The van der Waals surface area contributed by atoms with Gasteiger partial charge in [0, 0.05) is 24.0 Å². The smallest absolute Gasteiger partial charge is 0.354 e. The summed E-state index contributed by atoms with van der Waals surface area (Å²) in [5.41, 5.74) is 2.24. The molecule has 0 bridgehead atoms. The van der Waals surface area contributed by atoms with Crippen LogP contribution in [0, 0.1) is 0 Å². The van der Waals surface area contributed by atoms with Gasteiger partial charge in [0.05, 0.1) is 5.69 Å². The lowest BCUT2D eigenvalue weighted by molar-refractivity contribution is 0.0685. The highest BCUT2D eigenvalue weighted by atomic mass is 16.4. The number of hydrogen-bond acceptors (Lipinski definition) is 3. The molecule has 3 rings (SSSR count). The van der Waals surface area contributed by atoms with Crippen molar-refractivity contribution in [1.82, 2.24) is 14.8 Å². The number of aromatic nitrogens is 3. The molecule has 0 fully saturated rings. The predicted octanol–water partition coefficient (Wildman–Crippen LogP) is 1.97. The first-order valence-electron chi connectivity index (χ1n) is 5.64. The van der Waals surface area contributed by atoms with Crippen molar-refractivity contribution in [1.29, 1.82) is 0 Å². The number of nitrogens with one attached hydrogen (secondary N) is 1. The first-order valence-corrected chi connectivity index (χ1v) is 5.64. The van der Waals surface area contributed by atoms with Crippen LogP contribution in [0.1, 0.15) is 10.5 Å². The van der Waals surface area contributed by atoms with Crippen LogP contribution in [0.3, 0.4) is 0 Å². The molecule has 6 heteroatoms. The van der Waals surface area contributed by atoms with Gasteiger partial charge >= 0.3 is 5.97 Å². The molecule has 96 valence electrons. The fraction of sp³-hybridized carbons (Fsp3) is 0.0769. The van der Waals surface area contributed by atoms with E-state index < -0.39 is 5.97 Å². The van der Waals surface area contributed by atoms with Crippen molar-refractivity contribution in [3.63, 3.8) is 0 Å². The number of hydrogen-bond donors (Lipinski definition) is 3. The SMILES string of the molecule is Cn1nc(-c2cc3cc(O)ccc3[nH]2)cc1C(=O)O. The average molecular weight is 257 g/mol. The maximum atomic E-state index is 11.0. The van der Waals surface area contributed by atoms with Crippen LogP contribution in [-0.2, 0) is 7.05 Å². The summed E-state index contributed by atoms with van der Waals surface area (Å²) in [5, 5.41) is 23.4. The van der Waals surface area contributed by atoms with Gasteiger partial charge in [-0.1, -0.05) is 0 Å². The fourth-order valence-electron chi connectivity index (χ4n) is 2.06. The Hall–Kier alpha value is -2.76. The summed E-state index contributed by atoms with van der Waals surface area (Å²) in [5.74, 6) is -0.833. The molecule has 2 heterocycles. The van der Waals surface area contributed by atoms with Crippen LogP contribution in [0.15, 0.2) is 30.3 Å². The van der Waals surface area contributed by atoms with Gasteiger partial charge in [0.25, 0.3) is 0 Å². The Morgan fingerprint density at radius 2 is 2.11 bits per heavy atom. The maximum Gasteiger partial charge on any atom is 0.354 e. The number of aromatic hydroxyl groups is 1. The number of carbonyl (C=O) groups is 1. The Balaban J connectivity index is 2.13.